The Morgan fingerprint density at radius 2 is 2.18 bits per heavy atom. The average molecular weight is 475 g/mol. The minimum absolute atomic E-state index is 0.120. The van der Waals surface area contributed by atoms with Gasteiger partial charge in [0.1, 0.15) is 10.7 Å². The summed E-state index contributed by atoms with van der Waals surface area (Å²) in [5.41, 5.74) is 16.6. The van der Waals surface area contributed by atoms with Crippen molar-refractivity contribution in [2.24, 2.45) is 5.73 Å². The van der Waals surface area contributed by atoms with Crippen molar-refractivity contribution >= 4 is 34.3 Å². The van der Waals surface area contributed by atoms with Gasteiger partial charge in [0.25, 0.3) is 5.91 Å². The Hall–Kier alpha value is -3.76. The average Bonchev–Trinajstić information content (AvgIpc) is 3.50. The summed E-state index contributed by atoms with van der Waals surface area (Å²) in [6.07, 6.45) is 9.26. The molecule has 9 nitrogen and oxygen atoms in total. The molecule has 1 aliphatic rings. The Morgan fingerprint density at radius 1 is 1.26 bits per heavy atom. The predicted molar refractivity (Wildman–Crippen MR) is 135 cm³/mol. The summed E-state index contributed by atoms with van der Waals surface area (Å²) in [5, 5.41) is 9.90. The molecule has 1 amide bonds. The Balaban J connectivity index is 1.31. The molecule has 5 N–H and O–H groups in total. The zero-order chi connectivity index (χ0) is 23.5. The molecule has 0 unspecified atom stereocenters. The molecular formula is C24H26N8OS. The summed E-state index contributed by atoms with van der Waals surface area (Å²) in [5.74, 6) is -0.279. The molecule has 0 radical (unpaired) electrons. The largest absolute Gasteiger partial charge is 0.399 e. The number of carbonyl (C=O) groups excluding carboxylic acids is 1. The number of nitrogens with one attached hydrogen (secondary N) is 1. The standard InChI is InChI=1S/C24H26N8OS/c25-18-5-6-22(31-8-2-4-19(26)14-31)20(9-18)29-23(33)21-15-34-24(30-21)17-11-28-32(13-17)12-16-3-1-7-27-10-16/h1,3,5-7,9-11,13,15,19H,2,4,8,12,14,25-26H2,(H,29,33)/t19-/m1/s1. The zero-order valence-corrected chi connectivity index (χ0v) is 19.4. The highest BCUT2D eigenvalue weighted by Gasteiger charge is 2.21. The van der Waals surface area contributed by atoms with E-state index < -0.39 is 0 Å². The van der Waals surface area contributed by atoms with Gasteiger partial charge in [-0.15, -0.1) is 11.3 Å². The Morgan fingerprint density at radius 3 is 3.00 bits per heavy atom. The molecule has 1 aromatic carbocycles. The van der Waals surface area contributed by atoms with Crippen molar-refractivity contribution < 1.29 is 4.79 Å². The predicted octanol–water partition coefficient (Wildman–Crippen LogP) is 3.21. The number of rotatable bonds is 6. The van der Waals surface area contributed by atoms with Crippen LogP contribution in [0.2, 0.25) is 0 Å². The molecule has 0 saturated carbocycles. The zero-order valence-electron chi connectivity index (χ0n) is 18.6. The highest BCUT2D eigenvalue weighted by Crippen LogP contribution is 2.31. The van der Waals surface area contributed by atoms with Gasteiger partial charge in [-0.1, -0.05) is 6.07 Å². The molecule has 10 heteroatoms. The minimum Gasteiger partial charge on any atom is -0.399 e. The molecule has 1 atom stereocenters. The summed E-state index contributed by atoms with van der Waals surface area (Å²) < 4.78 is 1.83. The maximum absolute atomic E-state index is 13.0. The highest BCUT2D eigenvalue weighted by atomic mass is 32.1. The number of benzene rings is 1. The van der Waals surface area contributed by atoms with Gasteiger partial charge < -0.3 is 21.7 Å². The van der Waals surface area contributed by atoms with Gasteiger partial charge in [0.05, 0.1) is 24.1 Å². The molecule has 0 bridgehead atoms. The maximum atomic E-state index is 13.0. The molecular weight excluding hydrogens is 448 g/mol. The third-order valence-electron chi connectivity index (χ3n) is 5.75. The smallest absolute Gasteiger partial charge is 0.275 e. The van der Waals surface area contributed by atoms with Crippen LogP contribution in [-0.2, 0) is 6.54 Å². The number of amides is 1. The van der Waals surface area contributed by atoms with E-state index in [1.54, 1.807) is 23.8 Å². The van der Waals surface area contributed by atoms with Crippen LogP contribution >= 0.6 is 11.3 Å². The Kier molecular flexibility index (Phi) is 6.24. The van der Waals surface area contributed by atoms with Gasteiger partial charge in [-0.05, 0) is 42.7 Å². The normalized spacial score (nSPS) is 15.9. The monoisotopic (exact) mass is 474 g/mol. The lowest BCUT2D eigenvalue weighted by Crippen LogP contribution is -2.43. The van der Waals surface area contributed by atoms with E-state index in [4.69, 9.17) is 11.5 Å². The van der Waals surface area contributed by atoms with E-state index in [0.717, 1.165) is 47.8 Å². The second kappa shape index (κ2) is 9.62. The van der Waals surface area contributed by atoms with Crippen molar-refractivity contribution in [1.29, 1.82) is 0 Å². The van der Waals surface area contributed by atoms with Crippen molar-refractivity contribution in [3.63, 3.8) is 0 Å². The van der Waals surface area contributed by atoms with E-state index in [1.165, 1.54) is 11.3 Å². The first-order valence-corrected chi connectivity index (χ1v) is 12.0. The first kappa shape index (κ1) is 22.1. The Labute approximate surface area is 201 Å². The first-order valence-electron chi connectivity index (χ1n) is 11.1. The molecule has 3 aromatic heterocycles. The van der Waals surface area contributed by atoms with Gasteiger partial charge in [0, 0.05) is 54.4 Å². The van der Waals surface area contributed by atoms with Crippen LogP contribution in [0.1, 0.15) is 28.9 Å². The lowest BCUT2D eigenvalue weighted by Gasteiger charge is -2.34. The molecule has 34 heavy (non-hydrogen) atoms. The van der Waals surface area contributed by atoms with Crippen LogP contribution in [0.15, 0.2) is 60.5 Å². The van der Waals surface area contributed by atoms with Crippen LogP contribution in [0.4, 0.5) is 17.1 Å². The van der Waals surface area contributed by atoms with E-state index >= 15 is 0 Å². The van der Waals surface area contributed by atoms with Gasteiger partial charge in [-0.3, -0.25) is 14.5 Å². The number of nitrogen functional groups attached to an aromatic ring is 1. The molecule has 4 heterocycles. The van der Waals surface area contributed by atoms with Crippen molar-refractivity contribution in [3.05, 3.63) is 71.8 Å². The van der Waals surface area contributed by atoms with Crippen LogP contribution < -0.4 is 21.7 Å². The summed E-state index contributed by atoms with van der Waals surface area (Å²) in [6, 6.07) is 9.58. The fourth-order valence-corrected chi connectivity index (χ4v) is 4.87. The fraction of sp³-hybridized carbons (Fsp3) is 0.250. The van der Waals surface area contributed by atoms with E-state index in [9.17, 15) is 4.79 Å². The number of anilines is 3. The number of pyridine rings is 1. The number of nitrogens with zero attached hydrogens (tertiary/aromatic N) is 5. The topological polar surface area (TPSA) is 128 Å². The Bertz CT molecular complexity index is 1290. The fourth-order valence-electron chi connectivity index (χ4n) is 4.09. The quantitative estimate of drug-likeness (QED) is 0.366. The van der Waals surface area contributed by atoms with Crippen LogP contribution in [0.3, 0.4) is 0 Å². The van der Waals surface area contributed by atoms with Crippen LogP contribution in [-0.4, -0.2) is 44.8 Å². The van der Waals surface area contributed by atoms with Gasteiger partial charge >= 0.3 is 0 Å². The van der Waals surface area contributed by atoms with Crippen molar-refractivity contribution in [1.82, 2.24) is 19.7 Å². The summed E-state index contributed by atoms with van der Waals surface area (Å²) in [7, 11) is 0. The first-order chi connectivity index (χ1) is 16.5. The van der Waals surface area contributed by atoms with E-state index in [1.807, 2.05) is 41.3 Å². The lowest BCUT2D eigenvalue weighted by molar-refractivity contribution is 0.102. The molecule has 174 valence electrons. The number of aromatic nitrogens is 4. The third-order valence-corrected chi connectivity index (χ3v) is 6.64. The molecule has 1 aliphatic heterocycles. The minimum atomic E-state index is -0.279. The molecule has 1 fully saturated rings. The SMILES string of the molecule is Nc1ccc(N2CCC[C@@H](N)C2)c(NC(=O)c2csc(-c3cnn(Cc4cccnc4)c3)n2)c1. The van der Waals surface area contributed by atoms with E-state index in [0.29, 0.717) is 23.6 Å². The van der Waals surface area contributed by atoms with Gasteiger partial charge in [0.2, 0.25) is 0 Å². The van der Waals surface area contributed by atoms with Crippen LogP contribution in [0.5, 0.6) is 0 Å². The number of hydrogen-bond donors (Lipinski definition) is 3. The van der Waals surface area contributed by atoms with E-state index in [2.05, 4.69) is 25.3 Å². The molecule has 0 spiro atoms. The van der Waals surface area contributed by atoms with Crippen molar-refractivity contribution in [2.45, 2.75) is 25.4 Å². The van der Waals surface area contributed by atoms with E-state index in [-0.39, 0.29) is 11.9 Å². The summed E-state index contributed by atoms with van der Waals surface area (Å²) in [4.78, 5) is 23.9. The number of nitrogens with two attached hydrogens (primary N) is 2. The highest BCUT2D eigenvalue weighted by molar-refractivity contribution is 7.13. The number of thiazole rings is 1. The summed E-state index contributed by atoms with van der Waals surface area (Å²) >= 11 is 1.41. The molecule has 5 rings (SSSR count). The van der Waals surface area contributed by atoms with Gasteiger partial charge in [0.15, 0.2) is 0 Å². The van der Waals surface area contributed by atoms with Crippen molar-refractivity contribution in [2.75, 3.05) is 29.0 Å². The second-order valence-electron chi connectivity index (χ2n) is 8.40. The maximum Gasteiger partial charge on any atom is 0.275 e. The lowest BCUT2D eigenvalue weighted by atomic mass is 10.1. The summed E-state index contributed by atoms with van der Waals surface area (Å²) in [6.45, 7) is 2.26. The molecule has 1 saturated heterocycles. The van der Waals surface area contributed by atoms with Crippen molar-refractivity contribution in [3.8, 4) is 10.6 Å². The number of hydrogen-bond acceptors (Lipinski definition) is 8. The second-order valence-corrected chi connectivity index (χ2v) is 9.26. The number of carbonyl (C=O) groups is 1. The molecule has 4 aromatic rings. The van der Waals surface area contributed by atoms with Gasteiger partial charge in [-0.2, -0.15) is 5.10 Å². The van der Waals surface area contributed by atoms with Gasteiger partial charge in [-0.25, -0.2) is 4.98 Å². The number of piperidine rings is 1. The van der Waals surface area contributed by atoms with Crippen LogP contribution in [0, 0.1) is 0 Å². The molecule has 0 aliphatic carbocycles. The van der Waals surface area contributed by atoms with Crippen LogP contribution in [0.25, 0.3) is 10.6 Å². The third kappa shape index (κ3) is 4.92.